The summed E-state index contributed by atoms with van der Waals surface area (Å²) in [6.07, 6.45) is 0. The molecule has 4 amide bonds. The van der Waals surface area contributed by atoms with Crippen molar-refractivity contribution in [3.63, 3.8) is 0 Å². The van der Waals surface area contributed by atoms with E-state index >= 15 is 0 Å². The summed E-state index contributed by atoms with van der Waals surface area (Å²) in [6.45, 7) is 3.20. The van der Waals surface area contributed by atoms with Crippen molar-refractivity contribution in [2.75, 3.05) is 20.8 Å². The topological polar surface area (TPSA) is 97.0 Å². The highest BCUT2D eigenvalue weighted by molar-refractivity contribution is 7.10. The van der Waals surface area contributed by atoms with Crippen molar-refractivity contribution in [1.29, 1.82) is 0 Å². The molecular formula is C26H27N3O5S. The van der Waals surface area contributed by atoms with E-state index in [4.69, 9.17) is 9.47 Å². The van der Waals surface area contributed by atoms with E-state index in [0.717, 1.165) is 20.9 Å². The molecule has 1 aromatic heterocycles. The first-order chi connectivity index (χ1) is 16.8. The van der Waals surface area contributed by atoms with Crippen molar-refractivity contribution >= 4 is 29.2 Å². The van der Waals surface area contributed by atoms with Crippen molar-refractivity contribution < 1.29 is 23.9 Å². The number of hydrogen-bond acceptors (Lipinski definition) is 6. The van der Waals surface area contributed by atoms with Crippen LogP contribution in [0.4, 0.5) is 4.79 Å². The van der Waals surface area contributed by atoms with E-state index in [9.17, 15) is 14.4 Å². The molecule has 4 rings (SSSR count). The van der Waals surface area contributed by atoms with Crippen LogP contribution >= 0.6 is 11.3 Å². The summed E-state index contributed by atoms with van der Waals surface area (Å²) in [6, 6.07) is 15.7. The van der Waals surface area contributed by atoms with E-state index < -0.39 is 29.9 Å². The van der Waals surface area contributed by atoms with Crippen molar-refractivity contribution in [1.82, 2.24) is 15.5 Å². The second-order valence-electron chi connectivity index (χ2n) is 8.44. The number of rotatable bonds is 8. The summed E-state index contributed by atoms with van der Waals surface area (Å²) in [5, 5.41) is 7.65. The van der Waals surface area contributed by atoms with Crippen LogP contribution in [0.1, 0.15) is 34.5 Å². The van der Waals surface area contributed by atoms with Gasteiger partial charge in [-0.25, -0.2) is 4.79 Å². The number of benzene rings is 2. The molecule has 0 bridgehead atoms. The van der Waals surface area contributed by atoms with Crippen LogP contribution < -0.4 is 20.1 Å². The zero-order chi connectivity index (χ0) is 25.2. The molecule has 1 saturated heterocycles. The maximum absolute atomic E-state index is 13.3. The number of carbonyl (C=O) groups is 3. The average Bonchev–Trinajstić information content (AvgIpc) is 3.46. The highest BCUT2D eigenvalue weighted by Gasteiger charge is 2.49. The third-order valence-corrected chi connectivity index (χ3v) is 7.02. The number of urea groups is 1. The first kappa shape index (κ1) is 24.3. The van der Waals surface area contributed by atoms with E-state index in [-0.39, 0.29) is 6.04 Å². The second kappa shape index (κ2) is 9.79. The molecule has 2 heterocycles. The zero-order valence-electron chi connectivity index (χ0n) is 20.0. The van der Waals surface area contributed by atoms with Gasteiger partial charge in [0, 0.05) is 4.88 Å². The molecule has 0 saturated carbocycles. The van der Waals surface area contributed by atoms with Gasteiger partial charge in [0.25, 0.3) is 5.91 Å². The fraction of sp³-hybridized carbons (Fsp3) is 0.269. The number of nitrogens with one attached hydrogen (secondary N) is 2. The minimum absolute atomic E-state index is 0.388. The minimum Gasteiger partial charge on any atom is -0.493 e. The van der Waals surface area contributed by atoms with E-state index in [1.54, 1.807) is 25.1 Å². The first-order valence-corrected chi connectivity index (χ1v) is 11.9. The third-order valence-electron chi connectivity index (χ3n) is 6.08. The summed E-state index contributed by atoms with van der Waals surface area (Å²) in [5.41, 5.74) is 1.20. The van der Waals surface area contributed by atoms with Crippen LogP contribution in [0.25, 0.3) is 0 Å². The monoisotopic (exact) mass is 493 g/mol. The Morgan fingerprint density at radius 3 is 2.43 bits per heavy atom. The molecule has 2 N–H and O–H groups in total. The molecule has 35 heavy (non-hydrogen) atoms. The van der Waals surface area contributed by atoms with Gasteiger partial charge in [0.05, 0.1) is 20.3 Å². The Kier molecular flexibility index (Phi) is 6.79. The standard InChI is InChI=1S/C26H27N3O5S/c1-16-7-9-17(10-8-16)23(21-6-5-13-35-21)27-22(30)15-29-24(31)26(2,28-25(29)32)18-11-12-19(33-3)20(14-18)34-4/h5-14,23H,15H2,1-4H3,(H,27,30)(H,28,32)/t23-,26+/m0/s1. The van der Waals surface area contributed by atoms with Crippen molar-refractivity contribution in [2.24, 2.45) is 0 Å². The summed E-state index contributed by atoms with van der Waals surface area (Å²) in [7, 11) is 3.01. The molecule has 2 aromatic carbocycles. The lowest BCUT2D eigenvalue weighted by Gasteiger charge is -2.24. The Morgan fingerprint density at radius 2 is 1.80 bits per heavy atom. The van der Waals surface area contributed by atoms with Gasteiger partial charge in [-0.05, 0) is 48.6 Å². The Bertz CT molecular complexity index is 1240. The third kappa shape index (κ3) is 4.72. The fourth-order valence-corrected chi connectivity index (χ4v) is 4.87. The number of hydrogen-bond donors (Lipinski definition) is 2. The predicted molar refractivity (Wildman–Crippen MR) is 133 cm³/mol. The molecule has 1 fully saturated rings. The zero-order valence-corrected chi connectivity index (χ0v) is 20.8. The maximum Gasteiger partial charge on any atom is 0.325 e. The van der Waals surface area contributed by atoms with Crippen LogP contribution in [-0.2, 0) is 15.1 Å². The number of imide groups is 1. The number of ether oxygens (including phenoxy) is 2. The highest BCUT2D eigenvalue weighted by Crippen LogP contribution is 2.35. The van der Waals surface area contributed by atoms with Gasteiger partial charge < -0.3 is 20.1 Å². The molecule has 0 unspecified atom stereocenters. The van der Waals surface area contributed by atoms with Crippen molar-refractivity contribution in [2.45, 2.75) is 25.4 Å². The number of aryl methyl sites for hydroxylation is 1. The molecule has 0 aliphatic carbocycles. The Labute approximate surface area is 207 Å². The number of methoxy groups -OCH3 is 2. The molecule has 3 aromatic rings. The van der Waals surface area contributed by atoms with Gasteiger partial charge in [-0.3, -0.25) is 14.5 Å². The van der Waals surface area contributed by atoms with E-state index in [1.807, 2.05) is 48.7 Å². The normalized spacial score (nSPS) is 18.2. The molecule has 8 nitrogen and oxygen atoms in total. The highest BCUT2D eigenvalue weighted by atomic mass is 32.1. The predicted octanol–water partition coefficient (Wildman–Crippen LogP) is 3.75. The van der Waals surface area contributed by atoms with Crippen LogP contribution in [0, 0.1) is 6.92 Å². The quantitative estimate of drug-likeness (QED) is 0.466. The lowest BCUT2D eigenvalue weighted by atomic mass is 9.91. The van der Waals surface area contributed by atoms with E-state index in [0.29, 0.717) is 17.1 Å². The van der Waals surface area contributed by atoms with Gasteiger partial charge in [-0.1, -0.05) is 42.0 Å². The van der Waals surface area contributed by atoms with Gasteiger partial charge in [-0.15, -0.1) is 11.3 Å². The Balaban J connectivity index is 1.54. The average molecular weight is 494 g/mol. The molecule has 1 aliphatic rings. The summed E-state index contributed by atoms with van der Waals surface area (Å²) in [5.74, 6) is -0.0261. The molecule has 2 atom stereocenters. The van der Waals surface area contributed by atoms with E-state index in [2.05, 4.69) is 10.6 Å². The van der Waals surface area contributed by atoms with Gasteiger partial charge in [0.2, 0.25) is 5.91 Å². The van der Waals surface area contributed by atoms with Crippen LogP contribution in [-0.4, -0.2) is 43.5 Å². The smallest absolute Gasteiger partial charge is 0.325 e. The molecular weight excluding hydrogens is 466 g/mol. The van der Waals surface area contributed by atoms with Gasteiger partial charge in [0.1, 0.15) is 12.1 Å². The number of thiophene rings is 1. The largest absolute Gasteiger partial charge is 0.493 e. The van der Waals surface area contributed by atoms with Crippen LogP contribution in [0.15, 0.2) is 60.0 Å². The lowest BCUT2D eigenvalue weighted by Crippen LogP contribution is -2.44. The summed E-state index contributed by atoms with van der Waals surface area (Å²) >= 11 is 1.52. The minimum atomic E-state index is -1.35. The van der Waals surface area contributed by atoms with Crippen LogP contribution in [0.5, 0.6) is 11.5 Å². The number of amides is 4. The van der Waals surface area contributed by atoms with Crippen LogP contribution in [0.3, 0.4) is 0 Å². The second-order valence-corrected chi connectivity index (χ2v) is 9.42. The summed E-state index contributed by atoms with van der Waals surface area (Å²) < 4.78 is 10.6. The number of carbonyl (C=O) groups excluding carboxylic acids is 3. The summed E-state index contributed by atoms with van der Waals surface area (Å²) in [4.78, 5) is 41.1. The molecule has 182 valence electrons. The SMILES string of the molecule is COc1ccc([C@@]2(C)NC(=O)N(CC(=O)N[C@@H](c3ccc(C)cc3)c3cccs3)C2=O)cc1OC. The molecule has 0 radical (unpaired) electrons. The maximum atomic E-state index is 13.3. The first-order valence-electron chi connectivity index (χ1n) is 11.0. The fourth-order valence-electron chi connectivity index (χ4n) is 4.07. The Hall–Kier alpha value is -3.85. The van der Waals surface area contributed by atoms with E-state index in [1.165, 1.54) is 25.6 Å². The van der Waals surface area contributed by atoms with Gasteiger partial charge in [0.15, 0.2) is 11.5 Å². The molecule has 0 spiro atoms. The van der Waals surface area contributed by atoms with Crippen molar-refractivity contribution in [3.05, 3.63) is 81.5 Å². The van der Waals surface area contributed by atoms with Gasteiger partial charge in [-0.2, -0.15) is 0 Å². The molecule has 9 heteroatoms. The van der Waals surface area contributed by atoms with Crippen LogP contribution in [0.2, 0.25) is 0 Å². The van der Waals surface area contributed by atoms with Crippen molar-refractivity contribution in [3.8, 4) is 11.5 Å². The van der Waals surface area contributed by atoms with Gasteiger partial charge >= 0.3 is 6.03 Å². The lowest BCUT2D eigenvalue weighted by molar-refractivity contribution is -0.135. The number of nitrogens with zero attached hydrogens (tertiary/aromatic N) is 1. The Morgan fingerprint density at radius 1 is 1.09 bits per heavy atom. The molecule has 1 aliphatic heterocycles.